The van der Waals surface area contributed by atoms with E-state index in [2.05, 4.69) is 23.2 Å². The number of nitrogens with zero attached hydrogens (tertiary/aromatic N) is 1. The van der Waals surface area contributed by atoms with Crippen LogP contribution in [0.3, 0.4) is 0 Å². The molecule has 1 aromatic rings. The number of rotatable bonds is 5. The number of likely N-dealkylation sites (tertiary alicyclic amines) is 1. The molecule has 2 rings (SSSR count). The number of piperidine rings is 1. The van der Waals surface area contributed by atoms with Crippen molar-refractivity contribution in [2.75, 3.05) is 26.7 Å². The van der Waals surface area contributed by atoms with E-state index in [1.54, 1.807) is 0 Å². The van der Waals surface area contributed by atoms with E-state index >= 15 is 0 Å². The van der Waals surface area contributed by atoms with Crippen LogP contribution in [0.25, 0.3) is 0 Å². The SMILES string of the molecule is CNC(CCN1CCC(C)C(O)C1)c1cccc(Cl)c1. The zero-order valence-electron chi connectivity index (χ0n) is 12.3. The first-order valence-corrected chi connectivity index (χ1v) is 7.81. The Hall–Kier alpha value is -0.610. The maximum atomic E-state index is 9.95. The smallest absolute Gasteiger partial charge is 0.0693 e. The standard InChI is InChI=1S/C16H25ClN2O/c1-12-6-8-19(11-16(12)20)9-7-15(18-2)13-4-3-5-14(17)10-13/h3-5,10,12,15-16,18,20H,6-9,11H2,1-2H3. The highest BCUT2D eigenvalue weighted by Crippen LogP contribution is 2.22. The highest BCUT2D eigenvalue weighted by Gasteiger charge is 2.24. The fourth-order valence-corrected chi connectivity index (χ4v) is 3.03. The van der Waals surface area contributed by atoms with Gasteiger partial charge < -0.3 is 15.3 Å². The molecule has 1 aliphatic rings. The van der Waals surface area contributed by atoms with E-state index in [0.717, 1.165) is 37.5 Å². The molecule has 1 aromatic carbocycles. The van der Waals surface area contributed by atoms with Gasteiger partial charge in [0, 0.05) is 24.2 Å². The second kappa shape index (κ2) is 7.41. The Bertz CT molecular complexity index is 427. The van der Waals surface area contributed by atoms with Gasteiger partial charge in [-0.1, -0.05) is 30.7 Å². The average molecular weight is 297 g/mol. The molecule has 0 aromatic heterocycles. The fraction of sp³-hybridized carbons (Fsp3) is 0.625. The topological polar surface area (TPSA) is 35.5 Å². The molecule has 3 atom stereocenters. The number of hydrogen-bond acceptors (Lipinski definition) is 3. The van der Waals surface area contributed by atoms with Crippen molar-refractivity contribution in [1.29, 1.82) is 0 Å². The van der Waals surface area contributed by atoms with Gasteiger partial charge in [0.1, 0.15) is 0 Å². The zero-order chi connectivity index (χ0) is 14.5. The van der Waals surface area contributed by atoms with E-state index in [0.29, 0.717) is 12.0 Å². The molecule has 1 heterocycles. The molecule has 0 bridgehead atoms. The van der Waals surface area contributed by atoms with Gasteiger partial charge in [-0.25, -0.2) is 0 Å². The minimum atomic E-state index is -0.178. The minimum Gasteiger partial charge on any atom is -0.392 e. The first kappa shape index (κ1) is 15.8. The van der Waals surface area contributed by atoms with Gasteiger partial charge in [0.25, 0.3) is 0 Å². The van der Waals surface area contributed by atoms with Crippen LogP contribution in [-0.2, 0) is 0 Å². The molecule has 0 spiro atoms. The van der Waals surface area contributed by atoms with Crippen molar-refractivity contribution in [3.8, 4) is 0 Å². The van der Waals surface area contributed by atoms with Gasteiger partial charge in [0.2, 0.25) is 0 Å². The maximum absolute atomic E-state index is 9.95. The summed E-state index contributed by atoms with van der Waals surface area (Å²) in [6.45, 7) is 5.02. The van der Waals surface area contributed by atoms with E-state index < -0.39 is 0 Å². The van der Waals surface area contributed by atoms with Crippen LogP contribution in [0.15, 0.2) is 24.3 Å². The molecule has 4 heteroatoms. The monoisotopic (exact) mass is 296 g/mol. The van der Waals surface area contributed by atoms with Gasteiger partial charge >= 0.3 is 0 Å². The Balaban J connectivity index is 1.88. The van der Waals surface area contributed by atoms with Gasteiger partial charge in [0.05, 0.1) is 6.10 Å². The third kappa shape index (κ3) is 4.19. The first-order valence-electron chi connectivity index (χ1n) is 7.43. The number of nitrogens with one attached hydrogen (secondary N) is 1. The molecule has 1 aliphatic heterocycles. The van der Waals surface area contributed by atoms with E-state index in [1.807, 2.05) is 25.2 Å². The van der Waals surface area contributed by atoms with Crippen LogP contribution in [0.5, 0.6) is 0 Å². The molecular formula is C16H25ClN2O. The van der Waals surface area contributed by atoms with Crippen molar-refractivity contribution in [2.24, 2.45) is 5.92 Å². The molecule has 1 saturated heterocycles. The Morgan fingerprint density at radius 2 is 2.30 bits per heavy atom. The van der Waals surface area contributed by atoms with Crippen LogP contribution in [0.4, 0.5) is 0 Å². The van der Waals surface area contributed by atoms with Crippen LogP contribution < -0.4 is 5.32 Å². The van der Waals surface area contributed by atoms with E-state index in [9.17, 15) is 5.11 Å². The number of aliphatic hydroxyl groups is 1. The number of aliphatic hydroxyl groups excluding tert-OH is 1. The summed E-state index contributed by atoms with van der Waals surface area (Å²) < 4.78 is 0. The summed E-state index contributed by atoms with van der Waals surface area (Å²) >= 11 is 6.06. The normalized spacial score (nSPS) is 25.6. The van der Waals surface area contributed by atoms with Crippen LogP contribution in [-0.4, -0.2) is 42.8 Å². The number of hydrogen-bond donors (Lipinski definition) is 2. The summed E-state index contributed by atoms with van der Waals surface area (Å²) in [5, 5.41) is 14.1. The molecule has 112 valence electrons. The molecule has 0 amide bonds. The quantitative estimate of drug-likeness (QED) is 0.877. The third-order valence-electron chi connectivity index (χ3n) is 4.34. The predicted octanol–water partition coefficient (Wildman–Crippen LogP) is 2.69. The largest absolute Gasteiger partial charge is 0.392 e. The van der Waals surface area contributed by atoms with Crippen molar-refractivity contribution in [3.05, 3.63) is 34.9 Å². The van der Waals surface area contributed by atoms with Crippen LogP contribution in [0.1, 0.15) is 31.4 Å². The van der Waals surface area contributed by atoms with Gasteiger partial charge in [0.15, 0.2) is 0 Å². The van der Waals surface area contributed by atoms with Crippen molar-refractivity contribution in [2.45, 2.75) is 31.9 Å². The average Bonchev–Trinajstić information content (AvgIpc) is 2.43. The van der Waals surface area contributed by atoms with E-state index in [-0.39, 0.29) is 6.10 Å². The van der Waals surface area contributed by atoms with Crippen molar-refractivity contribution in [3.63, 3.8) is 0 Å². The summed E-state index contributed by atoms with van der Waals surface area (Å²) in [4.78, 5) is 2.36. The molecule has 3 unspecified atom stereocenters. The Morgan fingerprint density at radius 3 is 2.95 bits per heavy atom. The second-order valence-electron chi connectivity index (χ2n) is 5.82. The lowest BCUT2D eigenvalue weighted by atomic mass is 9.95. The lowest BCUT2D eigenvalue weighted by Crippen LogP contribution is -2.43. The highest BCUT2D eigenvalue weighted by molar-refractivity contribution is 6.30. The second-order valence-corrected chi connectivity index (χ2v) is 6.26. The zero-order valence-corrected chi connectivity index (χ0v) is 13.1. The highest BCUT2D eigenvalue weighted by atomic mass is 35.5. The molecule has 0 saturated carbocycles. The summed E-state index contributed by atoms with van der Waals surface area (Å²) in [5.74, 6) is 0.430. The fourth-order valence-electron chi connectivity index (χ4n) is 2.83. The number of halogens is 1. The maximum Gasteiger partial charge on any atom is 0.0693 e. The molecule has 0 radical (unpaired) electrons. The van der Waals surface area contributed by atoms with Gasteiger partial charge in [-0.2, -0.15) is 0 Å². The predicted molar refractivity (Wildman–Crippen MR) is 84.1 cm³/mol. The first-order chi connectivity index (χ1) is 9.60. The minimum absolute atomic E-state index is 0.178. The third-order valence-corrected chi connectivity index (χ3v) is 4.57. The van der Waals surface area contributed by atoms with E-state index in [4.69, 9.17) is 11.6 Å². The Labute approximate surface area is 126 Å². The lowest BCUT2D eigenvalue weighted by molar-refractivity contribution is 0.0278. The summed E-state index contributed by atoms with van der Waals surface area (Å²) in [6.07, 6.45) is 1.93. The number of β-amino-alcohol motifs (C(OH)–C–C–N with tert-alkyl or cyclic N) is 1. The van der Waals surface area contributed by atoms with Crippen molar-refractivity contribution in [1.82, 2.24) is 10.2 Å². The molecule has 0 aliphatic carbocycles. The molecule has 2 N–H and O–H groups in total. The van der Waals surface area contributed by atoms with Gasteiger partial charge in [-0.05, 0) is 50.0 Å². The summed E-state index contributed by atoms with van der Waals surface area (Å²) in [5.41, 5.74) is 1.23. The molecule has 20 heavy (non-hydrogen) atoms. The van der Waals surface area contributed by atoms with Crippen LogP contribution in [0, 0.1) is 5.92 Å². The summed E-state index contributed by atoms with van der Waals surface area (Å²) in [7, 11) is 1.98. The van der Waals surface area contributed by atoms with E-state index in [1.165, 1.54) is 5.56 Å². The summed E-state index contributed by atoms with van der Waals surface area (Å²) in [6, 6.07) is 8.34. The molecular weight excluding hydrogens is 272 g/mol. The van der Waals surface area contributed by atoms with Crippen molar-refractivity contribution >= 4 is 11.6 Å². The van der Waals surface area contributed by atoms with Crippen LogP contribution >= 0.6 is 11.6 Å². The van der Waals surface area contributed by atoms with Crippen LogP contribution in [0.2, 0.25) is 5.02 Å². The Morgan fingerprint density at radius 1 is 1.50 bits per heavy atom. The van der Waals surface area contributed by atoms with Gasteiger partial charge in [-0.3, -0.25) is 0 Å². The van der Waals surface area contributed by atoms with Gasteiger partial charge in [-0.15, -0.1) is 0 Å². The lowest BCUT2D eigenvalue weighted by Gasteiger charge is -2.35. The number of benzene rings is 1. The Kier molecular flexibility index (Phi) is 5.85. The molecule has 3 nitrogen and oxygen atoms in total. The molecule has 1 fully saturated rings. The van der Waals surface area contributed by atoms with Crippen molar-refractivity contribution < 1.29 is 5.11 Å².